The zero-order chi connectivity index (χ0) is 14.4. The van der Waals surface area contributed by atoms with Gasteiger partial charge in [0.2, 0.25) is 5.91 Å². The number of nitrogens with one attached hydrogen (secondary N) is 1. The van der Waals surface area contributed by atoms with E-state index in [2.05, 4.69) is 10.1 Å². The predicted molar refractivity (Wildman–Crippen MR) is 62.8 cm³/mol. The Morgan fingerprint density at radius 3 is 2.58 bits per heavy atom. The number of amides is 1. The fraction of sp³-hybridized carbons (Fsp3) is 0.833. The smallest absolute Gasteiger partial charge is 0.307 e. The van der Waals surface area contributed by atoms with E-state index in [1.165, 1.54) is 0 Å². The monoisotopic (exact) mass is 279 g/mol. The Morgan fingerprint density at radius 2 is 2.00 bits per heavy atom. The average Bonchev–Trinajstić information content (AvgIpc) is 2.70. The molecule has 3 atom stereocenters. The van der Waals surface area contributed by atoms with Crippen LogP contribution in [0.5, 0.6) is 0 Å². The van der Waals surface area contributed by atoms with Crippen molar-refractivity contribution in [1.82, 2.24) is 5.32 Å². The largest absolute Gasteiger partial charge is 0.481 e. The van der Waals surface area contributed by atoms with Crippen molar-refractivity contribution < 1.29 is 28.2 Å². The lowest BCUT2D eigenvalue weighted by molar-refractivity contribution is -0.146. The topological polar surface area (TPSA) is 75.6 Å². The highest BCUT2D eigenvalue weighted by molar-refractivity contribution is 5.85. The van der Waals surface area contributed by atoms with Crippen LogP contribution in [0, 0.1) is 17.8 Å². The molecule has 19 heavy (non-hydrogen) atoms. The summed E-state index contributed by atoms with van der Waals surface area (Å²) >= 11 is 0. The maximum Gasteiger partial charge on any atom is 0.307 e. The predicted octanol–water partition coefficient (Wildman–Crippen LogP) is 1.13. The SMILES string of the molecule is CC1C[C@H](C(=O)NCCOCC(F)F)[C@H](C(=O)O)C1. The highest BCUT2D eigenvalue weighted by atomic mass is 19.3. The third-order valence-electron chi connectivity index (χ3n) is 3.24. The van der Waals surface area contributed by atoms with Crippen molar-refractivity contribution in [3.05, 3.63) is 0 Å². The molecule has 0 aliphatic heterocycles. The molecule has 5 nitrogen and oxygen atoms in total. The van der Waals surface area contributed by atoms with Gasteiger partial charge in [0.1, 0.15) is 6.61 Å². The molecule has 1 fully saturated rings. The fourth-order valence-corrected chi connectivity index (χ4v) is 2.40. The number of carboxylic acids is 1. The molecular weight excluding hydrogens is 260 g/mol. The molecule has 0 aromatic rings. The molecule has 1 aliphatic rings. The first-order valence-electron chi connectivity index (χ1n) is 6.28. The van der Waals surface area contributed by atoms with Gasteiger partial charge in [-0.15, -0.1) is 0 Å². The lowest BCUT2D eigenvalue weighted by Gasteiger charge is -2.15. The quantitative estimate of drug-likeness (QED) is 0.685. The van der Waals surface area contributed by atoms with E-state index in [0.29, 0.717) is 12.8 Å². The number of carbonyl (C=O) groups excluding carboxylic acids is 1. The van der Waals surface area contributed by atoms with Gasteiger partial charge in [-0.3, -0.25) is 9.59 Å². The zero-order valence-electron chi connectivity index (χ0n) is 10.8. The Hall–Kier alpha value is -1.24. The van der Waals surface area contributed by atoms with Crippen molar-refractivity contribution in [2.45, 2.75) is 26.2 Å². The van der Waals surface area contributed by atoms with Gasteiger partial charge in [0.25, 0.3) is 6.43 Å². The molecule has 2 N–H and O–H groups in total. The summed E-state index contributed by atoms with van der Waals surface area (Å²) < 4.78 is 28.2. The summed E-state index contributed by atoms with van der Waals surface area (Å²) in [6, 6.07) is 0. The van der Waals surface area contributed by atoms with E-state index in [1.807, 2.05) is 6.92 Å². The number of carbonyl (C=O) groups is 2. The van der Waals surface area contributed by atoms with E-state index >= 15 is 0 Å². The van der Waals surface area contributed by atoms with Crippen LogP contribution in [-0.2, 0) is 14.3 Å². The summed E-state index contributed by atoms with van der Waals surface area (Å²) in [6.45, 7) is 1.36. The molecule has 0 saturated heterocycles. The van der Waals surface area contributed by atoms with Crippen molar-refractivity contribution in [3.8, 4) is 0 Å². The Kier molecular flexibility index (Phi) is 6.14. The second kappa shape index (κ2) is 7.37. The van der Waals surface area contributed by atoms with Crippen molar-refractivity contribution in [1.29, 1.82) is 0 Å². The summed E-state index contributed by atoms with van der Waals surface area (Å²) in [4.78, 5) is 22.8. The minimum absolute atomic E-state index is 0.00388. The molecule has 0 bridgehead atoms. The van der Waals surface area contributed by atoms with Crippen LogP contribution >= 0.6 is 0 Å². The van der Waals surface area contributed by atoms with E-state index in [9.17, 15) is 18.4 Å². The summed E-state index contributed by atoms with van der Waals surface area (Å²) in [5.74, 6) is -2.29. The second-order valence-corrected chi connectivity index (χ2v) is 4.88. The first-order valence-corrected chi connectivity index (χ1v) is 6.28. The number of rotatable bonds is 7. The van der Waals surface area contributed by atoms with Crippen LogP contribution in [0.15, 0.2) is 0 Å². The van der Waals surface area contributed by atoms with Gasteiger partial charge in [-0.2, -0.15) is 0 Å². The molecule has 110 valence electrons. The molecular formula is C12H19F2NO4. The van der Waals surface area contributed by atoms with E-state index < -0.39 is 30.8 Å². The van der Waals surface area contributed by atoms with Crippen molar-refractivity contribution in [3.63, 3.8) is 0 Å². The Bertz CT molecular complexity index is 325. The molecule has 0 radical (unpaired) electrons. The van der Waals surface area contributed by atoms with Crippen LogP contribution in [0.4, 0.5) is 8.78 Å². The number of carboxylic acid groups (broad SMARTS) is 1. The number of hydrogen-bond acceptors (Lipinski definition) is 3. The maximum atomic E-state index is 11.8. The molecule has 7 heteroatoms. The molecule has 1 saturated carbocycles. The Morgan fingerprint density at radius 1 is 1.37 bits per heavy atom. The fourth-order valence-electron chi connectivity index (χ4n) is 2.40. The van der Waals surface area contributed by atoms with Crippen molar-refractivity contribution in [2.75, 3.05) is 19.8 Å². The summed E-state index contributed by atoms with van der Waals surface area (Å²) in [7, 11) is 0. The van der Waals surface area contributed by atoms with Gasteiger partial charge in [0, 0.05) is 6.54 Å². The van der Waals surface area contributed by atoms with Gasteiger partial charge in [-0.05, 0) is 18.8 Å². The zero-order valence-corrected chi connectivity index (χ0v) is 10.8. The van der Waals surface area contributed by atoms with Gasteiger partial charge < -0.3 is 15.2 Å². The lowest BCUT2D eigenvalue weighted by atomic mass is 9.95. The van der Waals surface area contributed by atoms with Crippen molar-refractivity contribution >= 4 is 11.9 Å². The van der Waals surface area contributed by atoms with E-state index in [4.69, 9.17) is 5.11 Å². The second-order valence-electron chi connectivity index (χ2n) is 4.88. The molecule has 1 unspecified atom stereocenters. The van der Waals surface area contributed by atoms with Gasteiger partial charge in [-0.1, -0.05) is 6.92 Å². The maximum absolute atomic E-state index is 11.8. The van der Waals surface area contributed by atoms with Crippen LogP contribution < -0.4 is 5.32 Å². The van der Waals surface area contributed by atoms with Crippen LogP contribution in [-0.4, -0.2) is 43.2 Å². The average molecular weight is 279 g/mol. The molecule has 1 amide bonds. The Labute approximate surface area is 110 Å². The first-order chi connectivity index (χ1) is 8.91. The molecule has 0 aromatic carbocycles. The summed E-state index contributed by atoms with van der Waals surface area (Å²) in [5.41, 5.74) is 0. The van der Waals surface area contributed by atoms with Gasteiger partial charge in [0.05, 0.1) is 18.4 Å². The van der Waals surface area contributed by atoms with Crippen LogP contribution in [0.1, 0.15) is 19.8 Å². The molecule has 1 rings (SSSR count). The summed E-state index contributed by atoms with van der Waals surface area (Å²) in [6.07, 6.45) is -1.49. The lowest BCUT2D eigenvalue weighted by Crippen LogP contribution is -2.37. The van der Waals surface area contributed by atoms with E-state index in [1.54, 1.807) is 0 Å². The number of ether oxygens (including phenoxy) is 1. The molecule has 0 aromatic heterocycles. The number of alkyl halides is 2. The highest BCUT2D eigenvalue weighted by Crippen LogP contribution is 2.36. The standard InChI is InChI=1S/C12H19F2NO4/c1-7-4-8(9(5-7)12(17)18)11(16)15-2-3-19-6-10(13)14/h7-10H,2-6H2,1H3,(H,15,16)(H,17,18)/t7?,8-,9+/m0/s1. The van der Waals surface area contributed by atoms with Gasteiger partial charge in [0.15, 0.2) is 0 Å². The van der Waals surface area contributed by atoms with Crippen LogP contribution in [0.2, 0.25) is 0 Å². The normalized spacial score (nSPS) is 26.6. The number of halogens is 2. The first kappa shape index (κ1) is 15.8. The number of hydrogen-bond donors (Lipinski definition) is 2. The van der Waals surface area contributed by atoms with E-state index in [-0.39, 0.29) is 25.0 Å². The third-order valence-corrected chi connectivity index (χ3v) is 3.24. The number of aliphatic carboxylic acids is 1. The molecule has 0 heterocycles. The van der Waals surface area contributed by atoms with E-state index in [0.717, 1.165) is 0 Å². The highest BCUT2D eigenvalue weighted by Gasteiger charge is 2.40. The van der Waals surface area contributed by atoms with Gasteiger partial charge >= 0.3 is 5.97 Å². The molecule has 1 aliphatic carbocycles. The minimum atomic E-state index is -2.53. The molecule has 0 spiro atoms. The van der Waals surface area contributed by atoms with Crippen LogP contribution in [0.3, 0.4) is 0 Å². The third kappa shape index (κ3) is 5.10. The summed E-state index contributed by atoms with van der Waals surface area (Å²) in [5, 5.41) is 11.6. The minimum Gasteiger partial charge on any atom is -0.481 e. The van der Waals surface area contributed by atoms with Crippen molar-refractivity contribution in [2.24, 2.45) is 17.8 Å². The Balaban J connectivity index is 2.30. The van der Waals surface area contributed by atoms with Crippen LogP contribution in [0.25, 0.3) is 0 Å². The van der Waals surface area contributed by atoms with Gasteiger partial charge in [-0.25, -0.2) is 8.78 Å².